The molecular formula is C22H21N3O2. The van der Waals surface area contributed by atoms with Crippen LogP contribution in [0.3, 0.4) is 0 Å². The van der Waals surface area contributed by atoms with E-state index in [1.54, 1.807) is 12.4 Å². The molecule has 1 fully saturated rings. The summed E-state index contributed by atoms with van der Waals surface area (Å²) in [6, 6.07) is 21.2. The third kappa shape index (κ3) is 4.15. The van der Waals surface area contributed by atoms with Crippen LogP contribution in [0.25, 0.3) is 0 Å². The van der Waals surface area contributed by atoms with Crippen LogP contribution >= 0.6 is 0 Å². The third-order valence-electron chi connectivity index (χ3n) is 4.77. The van der Waals surface area contributed by atoms with Crippen LogP contribution in [0.1, 0.15) is 11.5 Å². The van der Waals surface area contributed by atoms with E-state index in [1.807, 2.05) is 54.6 Å². The van der Waals surface area contributed by atoms with Gasteiger partial charge in [-0.1, -0.05) is 30.3 Å². The van der Waals surface area contributed by atoms with Crippen molar-refractivity contribution in [2.24, 2.45) is 5.92 Å². The molecule has 2 aromatic carbocycles. The fraction of sp³-hybridized carbons (Fsp3) is 0.182. The Morgan fingerprint density at radius 3 is 2.52 bits per heavy atom. The summed E-state index contributed by atoms with van der Waals surface area (Å²) in [6.07, 6.45) is 3.36. The van der Waals surface area contributed by atoms with E-state index in [-0.39, 0.29) is 17.7 Å². The van der Waals surface area contributed by atoms with E-state index in [4.69, 9.17) is 4.74 Å². The van der Waals surface area contributed by atoms with Crippen molar-refractivity contribution in [3.63, 3.8) is 0 Å². The number of carbonyl (C=O) groups excluding carboxylic acids is 1. The Bertz CT molecular complexity index is 882. The topological polar surface area (TPSA) is 63.2 Å². The number of amides is 1. The fourth-order valence-electron chi connectivity index (χ4n) is 3.39. The number of benzene rings is 2. The van der Waals surface area contributed by atoms with E-state index in [0.29, 0.717) is 18.0 Å². The van der Waals surface area contributed by atoms with Crippen LogP contribution in [0.5, 0.6) is 11.5 Å². The van der Waals surface area contributed by atoms with Gasteiger partial charge in [0.15, 0.2) is 0 Å². The quantitative estimate of drug-likeness (QED) is 0.727. The first-order valence-electron chi connectivity index (χ1n) is 9.04. The fourth-order valence-corrected chi connectivity index (χ4v) is 3.39. The van der Waals surface area contributed by atoms with Crippen molar-refractivity contribution in [3.05, 3.63) is 84.7 Å². The van der Waals surface area contributed by atoms with Gasteiger partial charge in [0, 0.05) is 30.9 Å². The average Bonchev–Trinajstić information content (AvgIpc) is 3.21. The number of pyridine rings is 1. The molecule has 1 amide bonds. The van der Waals surface area contributed by atoms with Crippen molar-refractivity contribution < 1.29 is 9.53 Å². The molecule has 27 heavy (non-hydrogen) atoms. The highest BCUT2D eigenvalue weighted by Crippen LogP contribution is 2.29. The lowest BCUT2D eigenvalue weighted by atomic mass is 9.88. The molecule has 0 aliphatic carbocycles. The monoisotopic (exact) mass is 359 g/mol. The number of carbonyl (C=O) groups is 1. The highest BCUT2D eigenvalue weighted by molar-refractivity contribution is 5.93. The van der Waals surface area contributed by atoms with E-state index in [2.05, 4.69) is 27.8 Å². The molecule has 2 heterocycles. The van der Waals surface area contributed by atoms with Gasteiger partial charge < -0.3 is 15.4 Å². The molecule has 1 aliphatic rings. The zero-order valence-corrected chi connectivity index (χ0v) is 14.8. The molecule has 136 valence electrons. The maximum absolute atomic E-state index is 12.8. The van der Waals surface area contributed by atoms with E-state index >= 15 is 0 Å². The Balaban J connectivity index is 1.40. The zero-order valence-electron chi connectivity index (χ0n) is 14.8. The van der Waals surface area contributed by atoms with E-state index in [9.17, 15) is 4.79 Å². The third-order valence-corrected chi connectivity index (χ3v) is 4.77. The van der Waals surface area contributed by atoms with Crippen molar-refractivity contribution in [1.82, 2.24) is 10.3 Å². The summed E-state index contributed by atoms with van der Waals surface area (Å²) in [5.74, 6) is 1.52. The van der Waals surface area contributed by atoms with Crippen LogP contribution in [0.2, 0.25) is 0 Å². The molecule has 5 heteroatoms. The highest BCUT2D eigenvalue weighted by Gasteiger charge is 2.33. The van der Waals surface area contributed by atoms with Crippen LogP contribution in [-0.2, 0) is 4.79 Å². The molecular weight excluding hydrogens is 338 g/mol. The normalized spacial score (nSPS) is 18.8. The molecule has 0 radical (unpaired) electrons. The van der Waals surface area contributed by atoms with Crippen LogP contribution in [0.15, 0.2) is 79.1 Å². The Hall–Kier alpha value is -3.18. The lowest BCUT2D eigenvalue weighted by Gasteiger charge is -2.18. The van der Waals surface area contributed by atoms with Gasteiger partial charge in [-0.2, -0.15) is 0 Å². The van der Waals surface area contributed by atoms with E-state index < -0.39 is 0 Å². The van der Waals surface area contributed by atoms with Crippen molar-refractivity contribution in [2.75, 3.05) is 18.4 Å². The van der Waals surface area contributed by atoms with Gasteiger partial charge >= 0.3 is 0 Å². The lowest BCUT2D eigenvalue weighted by molar-refractivity contribution is -0.119. The SMILES string of the molecule is O=C(Nc1ccc(Oc2cccnc2)cc1)[C@@H]1CNC[C@H]1c1ccccc1. The van der Waals surface area contributed by atoms with Gasteiger partial charge in [-0.05, 0) is 42.0 Å². The van der Waals surface area contributed by atoms with Gasteiger partial charge in [0.25, 0.3) is 0 Å². The Labute approximate surface area is 158 Å². The summed E-state index contributed by atoms with van der Waals surface area (Å²) in [6.45, 7) is 1.51. The van der Waals surface area contributed by atoms with Crippen LogP contribution in [0, 0.1) is 5.92 Å². The van der Waals surface area contributed by atoms with E-state index in [1.165, 1.54) is 5.56 Å². The summed E-state index contributed by atoms with van der Waals surface area (Å²) in [5.41, 5.74) is 1.96. The predicted molar refractivity (Wildman–Crippen MR) is 105 cm³/mol. The minimum atomic E-state index is -0.0845. The second-order valence-electron chi connectivity index (χ2n) is 6.59. The number of nitrogens with one attached hydrogen (secondary N) is 2. The van der Waals surface area contributed by atoms with Gasteiger partial charge in [0.2, 0.25) is 5.91 Å². The minimum Gasteiger partial charge on any atom is -0.456 e. The Kier molecular flexibility index (Phi) is 5.12. The maximum Gasteiger partial charge on any atom is 0.229 e. The predicted octanol–water partition coefficient (Wildman–Crippen LogP) is 3.82. The maximum atomic E-state index is 12.8. The molecule has 0 unspecified atom stereocenters. The van der Waals surface area contributed by atoms with Gasteiger partial charge in [-0.25, -0.2) is 0 Å². The molecule has 2 atom stereocenters. The molecule has 1 saturated heterocycles. The standard InChI is InChI=1S/C22H21N3O2/c26-22(21-15-24-14-20(21)16-5-2-1-3-6-16)25-17-8-10-18(11-9-17)27-19-7-4-12-23-13-19/h1-13,20-21,24H,14-15H2,(H,25,26)/t20-,21+/m0/s1. The van der Waals surface area contributed by atoms with Crippen molar-refractivity contribution in [3.8, 4) is 11.5 Å². The average molecular weight is 359 g/mol. The van der Waals surface area contributed by atoms with Crippen LogP contribution in [0.4, 0.5) is 5.69 Å². The van der Waals surface area contributed by atoms with Crippen LogP contribution in [-0.4, -0.2) is 24.0 Å². The summed E-state index contributed by atoms with van der Waals surface area (Å²) in [7, 11) is 0. The highest BCUT2D eigenvalue weighted by atomic mass is 16.5. The van der Waals surface area contributed by atoms with Crippen molar-refractivity contribution in [1.29, 1.82) is 0 Å². The Morgan fingerprint density at radius 1 is 0.963 bits per heavy atom. The van der Waals surface area contributed by atoms with Gasteiger partial charge in [0.05, 0.1) is 12.1 Å². The molecule has 2 N–H and O–H groups in total. The molecule has 1 aliphatic heterocycles. The van der Waals surface area contributed by atoms with Crippen molar-refractivity contribution in [2.45, 2.75) is 5.92 Å². The molecule has 0 bridgehead atoms. The number of nitrogens with zero attached hydrogens (tertiary/aromatic N) is 1. The van der Waals surface area contributed by atoms with Gasteiger partial charge in [-0.15, -0.1) is 0 Å². The first kappa shape index (κ1) is 17.2. The summed E-state index contributed by atoms with van der Waals surface area (Å²) in [4.78, 5) is 16.8. The van der Waals surface area contributed by atoms with Gasteiger partial charge in [0.1, 0.15) is 11.5 Å². The summed E-state index contributed by atoms with van der Waals surface area (Å²) < 4.78 is 5.73. The second kappa shape index (κ2) is 8.01. The number of ether oxygens (including phenoxy) is 1. The smallest absolute Gasteiger partial charge is 0.229 e. The molecule has 4 rings (SSSR count). The largest absolute Gasteiger partial charge is 0.456 e. The zero-order chi connectivity index (χ0) is 18.5. The minimum absolute atomic E-state index is 0.0368. The Morgan fingerprint density at radius 2 is 1.78 bits per heavy atom. The summed E-state index contributed by atoms with van der Waals surface area (Å²) in [5, 5.41) is 6.37. The molecule has 3 aromatic rings. The molecule has 0 saturated carbocycles. The first-order chi connectivity index (χ1) is 13.3. The number of aromatic nitrogens is 1. The number of anilines is 1. The molecule has 5 nitrogen and oxygen atoms in total. The molecule has 1 aromatic heterocycles. The second-order valence-corrected chi connectivity index (χ2v) is 6.59. The lowest BCUT2D eigenvalue weighted by Crippen LogP contribution is -2.28. The summed E-state index contributed by atoms with van der Waals surface area (Å²) >= 11 is 0. The van der Waals surface area contributed by atoms with Crippen molar-refractivity contribution >= 4 is 11.6 Å². The first-order valence-corrected chi connectivity index (χ1v) is 9.04. The number of hydrogen-bond acceptors (Lipinski definition) is 4. The number of rotatable bonds is 5. The van der Waals surface area contributed by atoms with Crippen LogP contribution < -0.4 is 15.4 Å². The van der Waals surface area contributed by atoms with E-state index in [0.717, 1.165) is 12.2 Å². The molecule has 0 spiro atoms. The van der Waals surface area contributed by atoms with Gasteiger partial charge in [-0.3, -0.25) is 9.78 Å². The number of hydrogen-bond donors (Lipinski definition) is 2.